The zero-order valence-electron chi connectivity index (χ0n) is 24.3. The molecule has 4 aromatic carbocycles. The van der Waals surface area contributed by atoms with Gasteiger partial charge in [0.25, 0.3) is 0 Å². The molecule has 1 fully saturated rings. The Bertz CT molecular complexity index is 1660. The fourth-order valence-corrected chi connectivity index (χ4v) is 6.88. The van der Waals surface area contributed by atoms with Gasteiger partial charge in [0, 0.05) is 32.1 Å². The molecule has 6 rings (SSSR count). The molecule has 1 saturated heterocycles. The first-order valence-corrected chi connectivity index (χ1v) is 15.1. The number of nitrogens with zero attached hydrogens (tertiary/aromatic N) is 3. The first kappa shape index (κ1) is 28.5. The van der Waals surface area contributed by atoms with E-state index in [4.69, 9.17) is 0 Å². The lowest BCUT2D eigenvalue weighted by atomic mass is 9.84. The lowest BCUT2D eigenvalue weighted by Gasteiger charge is -2.54. The molecule has 0 aliphatic carbocycles. The number of piperidine rings is 1. The van der Waals surface area contributed by atoms with Crippen LogP contribution in [0.25, 0.3) is 11.0 Å². The molecule has 0 radical (unpaired) electrons. The number of H-pyrrole nitrogens is 1. The Kier molecular flexibility index (Phi) is 8.43. The molecule has 2 atom stereocenters. The average molecular weight is 575 g/mol. The van der Waals surface area contributed by atoms with Crippen LogP contribution in [0.3, 0.4) is 0 Å². The normalized spacial score (nSPS) is 18.7. The van der Waals surface area contributed by atoms with Crippen LogP contribution in [0.1, 0.15) is 48.4 Å². The first-order valence-electron chi connectivity index (χ1n) is 15.1. The van der Waals surface area contributed by atoms with Crippen molar-refractivity contribution in [2.75, 3.05) is 6.54 Å². The van der Waals surface area contributed by atoms with Crippen LogP contribution in [0.5, 0.6) is 0 Å². The Morgan fingerprint density at radius 1 is 0.814 bits per heavy atom. The van der Waals surface area contributed by atoms with Crippen molar-refractivity contribution in [3.8, 4) is 0 Å². The Morgan fingerprint density at radius 3 is 1.98 bits per heavy atom. The maximum Gasteiger partial charge on any atom is 0.408 e. The number of imidazole rings is 1. The van der Waals surface area contributed by atoms with Crippen molar-refractivity contribution in [1.29, 1.82) is 0 Å². The van der Waals surface area contributed by atoms with Crippen molar-refractivity contribution in [1.82, 2.24) is 19.4 Å². The highest BCUT2D eigenvalue weighted by molar-refractivity contribution is 5.75. The molecule has 0 spiro atoms. The van der Waals surface area contributed by atoms with E-state index in [0.29, 0.717) is 38.9 Å². The second-order valence-electron chi connectivity index (χ2n) is 11.5. The molecule has 7 heteroatoms. The Labute approximate surface area is 252 Å². The third-order valence-corrected chi connectivity index (χ3v) is 8.88. The third-order valence-electron chi connectivity index (χ3n) is 8.88. The van der Waals surface area contributed by atoms with Gasteiger partial charge in [0.15, 0.2) is 0 Å². The maximum atomic E-state index is 13.4. The molecule has 5 aromatic rings. The van der Waals surface area contributed by atoms with E-state index in [9.17, 15) is 14.7 Å². The highest BCUT2D eigenvalue weighted by atomic mass is 16.4. The molecule has 43 heavy (non-hydrogen) atoms. The Morgan fingerprint density at radius 2 is 1.37 bits per heavy atom. The number of fused-ring (bicyclic) bond motifs is 1. The summed E-state index contributed by atoms with van der Waals surface area (Å²) in [6.07, 6.45) is 2.45. The van der Waals surface area contributed by atoms with Crippen LogP contribution in [0.2, 0.25) is 0 Å². The number of likely N-dealkylation sites (tertiary alicyclic amines) is 1. The SMILES string of the molecule is O=C(O)N1CCC(n2c(=O)[nH]c3ccccc32)C[C@@]1(CCCc1ccccc1)N(Cc1ccccc1)Cc1ccccc1. The van der Waals surface area contributed by atoms with Crippen molar-refractivity contribution < 1.29 is 9.90 Å². The number of para-hydroxylation sites is 2. The minimum atomic E-state index is -0.921. The number of rotatable bonds is 10. The Balaban J connectivity index is 1.45. The van der Waals surface area contributed by atoms with E-state index >= 15 is 0 Å². The van der Waals surface area contributed by atoms with E-state index in [1.54, 1.807) is 4.90 Å². The Hall–Kier alpha value is -4.62. The fourth-order valence-electron chi connectivity index (χ4n) is 6.88. The molecule has 1 aliphatic heterocycles. The molecule has 2 heterocycles. The van der Waals surface area contributed by atoms with Gasteiger partial charge in [-0.25, -0.2) is 9.59 Å². The molecule has 1 amide bonds. The van der Waals surface area contributed by atoms with Crippen LogP contribution >= 0.6 is 0 Å². The summed E-state index contributed by atoms with van der Waals surface area (Å²) in [6, 6.07) is 38.5. The van der Waals surface area contributed by atoms with Crippen LogP contribution < -0.4 is 5.69 Å². The summed E-state index contributed by atoms with van der Waals surface area (Å²) in [6.45, 7) is 1.51. The second-order valence-corrected chi connectivity index (χ2v) is 11.5. The number of carbonyl (C=O) groups is 1. The van der Waals surface area contributed by atoms with Gasteiger partial charge in [0.2, 0.25) is 0 Å². The van der Waals surface area contributed by atoms with E-state index in [0.717, 1.165) is 35.0 Å². The van der Waals surface area contributed by atoms with Gasteiger partial charge in [0.05, 0.1) is 11.0 Å². The highest BCUT2D eigenvalue weighted by Crippen LogP contribution is 2.43. The highest BCUT2D eigenvalue weighted by Gasteiger charge is 2.49. The number of hydrogen-bond acceptors (Lipinski definition) is 3. The van der Waals surface area contributed by atoms with Crippen LogP contribution in [-0.4, -0.2) is 42.8 Å². The second kappa shape index (κ2) is 12.7. The molecule has 0 saturated carbocycles. The van der Waals surface area contributed by atoms with Crippen LogP contribution in [0.4, 0.5) is 4.79 Å². The largest absolute Gasteiger partial charge is 0.465 e. The molecular weight excluding hydrogens is 536 g/mol. The van der Waals surface area contributed by atoms with E-state index in [-0.39, 0.29) is 11.7 Å². The van der Waals surface area contributed by atoms with Gasteiger partial charge < -0.3 is 10.1 Å². The number of hydrogen-bond donors (Lipinski definition) is 2. The first-order chi connectivity index (χ1) is 21.0. The average Bonchev–Trinajstić information content (AvgIpc) is 3.37. The molecule has 2 N–H and O–H groups in total. The summed E-state index contributed by atoms with van der Waals surface area (Å²) in [5.41, 5.74) is 4.15. The van der Waals surface area contributed by atoms with Crippen molar-refractivity contribution in [3.63, 3.8) is 0 Å². The summed E-state index contributed by atoms with van der Waals surface area (Å²) < 4.78 is 1.86. The molecule has 220 valence electrons. The topological polar surface area (TPSA) is 81.6 Å². The molecule has 1 unspecified atom stereocenters. The van der Waals surface area contributed by atoms with Crippen LogP contribution in [-0.2, 0) is 19.5 Å². The number of benzene rings is 4. The monoisotopic (exact) mass is 574 g/mol. The van der Waals surface area contributed by atoms with Crippen molar-refractivity contribution in [2.24, 2.45) is 0 Å². The lowest BCUT2D eigenvalue weighted by Crippen LogP contribution is -2.65. The van der Waals surface area contributed by atoms with E-state index in [1.807, 2.05) is 83.4 Å². The number of aromatic amines is 1. The number of aromatic nitrogens is 2. The fraction of sp³-hybridized carbons (Fsp3) is 0.278. The summed E-state index contributed by atoms with van der Waals surface area (Å²) in [4.78, 5) is 33.5. The van der Waals surface area contributed by atoms with E-state index in [2.05, 4.69) is 46.3 Å². The molecule has 7 nitrogen and oxygen atoms in total. The van der Waals surface area contributed by atoms with Gasteiger partial charge >= 0.3 is 11.8 Å². The van der Waals surface area contributed by atoms with Gasteiger partial charge in [0.1, 0.15) is 5.66 Å². The van der Waals surface area contributed by atoms with Crippen molar-refractivity contribution in [2.45, 2.75) is 56.9 Å². The minimum absolute atomic E-state index is 0.147. The smallest absolute Gasteiger partial charge is 0.408 e. The predicted octanol–water partition coefficient (Wildman–Crippen LogP) is 7.07. The maximum absolute atomic E-state index is 13.4. The molecule has 1 aromatic heterocycles. The number of nitrogens with one attached hydrogen (secondary N) is 1. The van der Waals surface area contributed by atoms with E-state index < -0.39 is 11.8 Å². The molecular formula is C36H38N4O3. The zero-order valence-corrected chi connectivity index (χ0v) is 24.3. The lowest BCUT2D eigenvalue weighted by molar-refractivity contribution is -0.0979. The minimum Gasteiger partial charge on any atom is -0.465 e. The third kappa shape index (κ3) is 6.13. The van der Waals surface area contributed by atoms with Crippen LogP contribution in [0.15, 0.2) is 120 Å². The zero-order chi connectivity index (χ0) is 29.6. The number of aryl methyl sites for hydroxylation is 1. The summed E-state index contributed by atoms with van der Waals surface area (Å²) in [7, 11) is 0. The quantitative estimate of drug-likeness (QED) is 0.187. The number of amides is 1. The summed E-state index contributed by atoms with van der Waals surface area (Å²) in [5.74, 6) is 0. The number of carboxylic acid groups (broad SMARTS) is 1. The summed E-state index contributed by atoms with van der Waals surface area (Å²) in [5, 5.41) is 10.7. The van der Waals surface area contributed by atoms with Gasteiger partial charge in [-0.05, 0) is 54.5 Å². The van der Waals surface area contributed by atoms with Crippen molar-refractivity contribution >= 4 is 17.1 Å². The van der Waals surface area contributed by atoms with Gasteiger partial charge in [-0.1, -0.05) is 103 Å². The van der Waals surface area contributed by atoms with Crippen molar-refractivity contribution in [3.05, 3.63) is 142 Å². The van der Waals surface area contributed by atoms with Gasteiger partial charge in [-0.2, -0.15) is 0 Å². The molecule has 1 aliphatic rings. The molecule has 0 bridgehead atoms. The van der Waals surface area contributed by atoms with Gasteiger partial charge in [-0.3, -0.25) is 14.4 Å². The summed E-state index contributed by atoms with van der Waals surface area (Å²) >= 11 is 0. The predicted molar refractivity (Wildman–Crippen MR) is 170 cm³/mol. The standard InChI is InChI=1S/C36H38N4O3/c41-34-37-32-20-10-11-21-33(32)40(34)31-22-24-39(35(42)43)36(25-31,23-12-19-28-13-4-1-5-14-28)38(26-29-15-6-2-7-16-29)27-30-17-8-3-9-18-30/h1-11,13-18,20-21,31H,12,19,22-27H2,(H,37,41)(H,42,43)/t31?,36-/m0/s1. The van der Waals surface area contributed by atoms with Gasteiger partial charge in [-0.15, -0.1) is 0 Å². The van der Waals surface area contributed by atoms with E-state index in [1.165, 1.54) is 5.56 Å². The van der Waals surface area contributed by atoms with Crippen LogP contribution in [0, 0.1) is 0 Å².